The zero-order valence-corrected chi connectivity index (χ0v) is 15.8. The van der Waals surface area contributed by atoms with E-state index in [4.69, 9.17) is 5.11 Å². The number of esters is 1. The van der Waals surface area contributed by atoms with E-state index < -0.39 is 54.2 Å². The molecule has 29 heavy (non-hydrogen) atoms. The third-order valence-corrected chi connectivity index (χ3v) is 4.44. The molecule has 0 spiro atoms. The van der Waals surface area contributed by atoms with E-state index in [0.717, 1.165) is 5.56 Å². The average molecular weight is 405 g/mol. The topological polar surface area (TPSA) is 151 Å². The summed E-state index contributed by atoms with van der Waals surface area (Å²) in [6.45, 7) is 0. The van der Waals surface area contributed by atoms with E-state index in [1.54, 1.807) is 0 Å². The van der Waals surface area contributed by atoms with E-state index in [1.165, 1.54) is 7.11 Å². The van der Waals surface area contributed by atoms with Crippen LogP contribution in [0.3, 0.4) is 0 Å². The predicted octanol–water partition coefficient (Wildman–Crippen LogP) is -0.875. The first-order valence-electron chi connectivity index (χ1n) is 9.03. The maximum atomic E-state index is 12.3. The molecule has 1 aliphatic rings. The smallest absolute Gasteiger partial charge is 0.326 e. The molecule has 2 rings (SSSR count). The van der Waals surface area contributed by atoms with Gasteiger partial charge in [0.05, 0.1) is 13.5 Å². The lowest BCUT2D eigenvalue weighted by atomic mass is 10.0. The zero-order chi connectivity index (χ0) is 21.4. The molecule has 3 atom stereocenters. The third kappa shape index (κ3) is 6.59. The summed E-state index contributed by atoms with van der Waals surface area (Å²) in [4.78, 5) is 59.1. The molecule has 1 saturated heterocycles. The van der Waals surface area contributed by atoms with Crippen molar-refractivity contribution in [3.63, 3.8) is 0 Å². The van der Waals surface area contributed by atoms with Crippen LogP contribution in [0.4, 0.5) is 0 Å². The molecule has 1 fully saturated rings. The van der Waals surface area contributed by atoms with Crippen molar-refractivity contribution in [1.82, 2.24) is 16.0 Å². The van der Waals surface area contributed by atoms with Crippen LogP contribution >= 0.6 is 0 Å². The van der Waals surface area contributed by atoms with Gasteiger partial charge >= 0.3 is 11.9 Å². The van der Waals surface area contributed by atoms with Gasteiger partial charge < -0.3 is 25.8 Å². The Labute approximate surface area is 167 Å². The molecule has 10 nitrogen and oxygen atoms in total. The molecule has 156 valence electrons. The Balaban J connectivity index is 1.88. The number of hydrogen-bond acceptors (Lipinski definition) is 6. The number of aliphatic carboxylic acids is 1. The molecule has 0 radical (unpaired) electrons. The Hall–Kier alpha value is -3.43. The Kier molecular flexibility index (Phi) is 7.70. The number of carboxylic acid groups (broad SMARTS) is 1. The molecule has 10 heteroatoms. The van der Waals surface area contributed by atoms with Gasteiger partial charge in [-0.15, -0.1) is 0 Å². The number of rotatable bonds is 9. The highest BCUT2D eigenvalue weighted by molar-refractivity contribution is 5.99. The summed E-state index contributed by atoms with van der Waals surface area (Å²) in [6.07, 6.45) is -0.449. The highest BCUT2D eigenvalue weighted by Gasteiger charge is 2.35. The van der Waals surface area contributed by atoms with Crippen molar-refractivity contribution in [2.24, 2.45) is 0 Å². The van der Waals surface area contributed by atoms with Crippen molar-refractivity contribution in [3.05, 3.63) is 35.9 Å². The third-order valence-electron chi connectivity index (χ3n) is 4.44. The SMILES string of the molecule is COC(=O)CC[C@@H](NC(=O)C[C@@H]1NC(=O)[C@H](Cc2ccccc2)NC1=O)C(=O)O. The van der Waals surface area contributed by atoms with E-state index in [1.807, 2.05) is 30.3 Å². The monoisotopic (exact) mass is 405 g/mol. The molecule has 0 bridgehead atoms. The van der Waals surface area contributed by atoms with Crippen molar-refractivity contribution >= 4 is 29.7 Å². The lowest BCUT2D eigenvalue weighted by Gasteiger charge is -2.29. The molecule has 1 aliphatic heterocycles. The molecule has 0 aliphatic carbocycles. The van der Waals surface area contributed by atoms with Crippen LogP contribution in [0.5, 0.6) is 0 Å². The second-order valence-corrected chi connectivity index (χ2v) is 6.59. The van der Waals surface area contributed by atoms with Gasteiger partial charge in [-0.3, -0.25) is 19.2 Å². The molecule has 0 saturated carbocycles. The summed E-state index contributed by atoms with van der Waals surface area (Å²) < 4.78 is 4.44. The van der Waals surface area contributed by atoms with Gasteiger partial charge in [-0.2, -0.15) is 0 Å². The second-order valence-electron chi connectivity index (χ2n) is 6.59. The molecule has 0 unspecified atom stereocenters. The number of nitrogens with one attached hydrogen (secondary N) is 3. The van der Waals surface area contributed by atoms with Crippen molar-refractivity contribution in [3.8, 4) is 0 Å². The first kappa shape index (κ1) is 21.9. The fourth-order valence-electron chi connectivity index (χ4n) is 2.87. The second kappa shape index (κ2) is 10.2. The molecule has 4 N–H and O–H groups in total. The normalized spacial score (nSPS) is 19.5. The number of carbonyl (C=O) groups is 5. The van der Waals surface area contributed by atoms with E-state index in [2.05, 4.69) is 20.7 Å². The highest BCUT2D eigenvalue weighted by Crippen LogP contribution is 2.09. The Morgan fingerprint density at radius 2 is 1.72 bits per heavy atom. The molecule has 1 aromatic rings. The summed E-state index contributed by atoms with van der Waals surface area (Å²) in [5.41, 5.74) is 0.874. The average Bonchev–Trinajstić information content (AvgIpc) is 2.69. The zero-order valence-electron chi connectivity index (χ0n) is 15.8. The maximum absolute atomic E-state index is 12.3. The van der Waals surface area contributed by atoms with Crippen molar-refractivity contribution in [2.75, 3.05) is 7.11 Å². The summed E-state index contributed by atoms with van der Waals surface area (Å²) >= 11 is 0. The van der Waals surface area contributed by atoms with Gasteiger partial charge in [-0.1, -0.05) is 30.3 Å². The minimum atomic E-state index is -1.32. The lowest BCUT2D eigenvalue weighted by molar-refractivity contribution is -0.144. The molecule has 0 aromatic heterocycles. The summed E-state index contributed by atoms with van der Waals surface area (Å²) in [5.74, 6) is -3.60. The Morgan fingerprint density at radius 3 is 2.34 bits per heavy atom. The molecule has 1 aromatic carbocycles. The van der Waals surface area contributed by atoms with Gasteiger partial charge in [0.2, 0.25) is 17.7 Å². The van der Waals surface area contributed by atoms with Crippen LogP contribution < -0.4 is 16.0 Å². The van der Waals surface area contributed by atoms with Crippen LogP contribution in [0.1, 0.15) is 24.8 Å². The van der Waals surface area contributed by atoms with Gasteiger partial charge in [-0.05, 0) is 12.0 Å². The number of methoxy groups -OCH3 is 1. The lowest BCUT2D eigenvalue weighted by Crippen LogP contribution is -2.63. The van der Waals surface area contributed by atoms with E-state index in [0.29, 0.717) is 6.42 Å². The largest absolute Gasteiger partial charge is 0.480 e. The Morgan fingerprint density at radius 1 is 1.10 bits per heavy atom. The minimum absolute atomic E-state index is 0.157. The number of hydrogen-bond donors (Lipinski definition) is 4. The van der Waals surface area contributed by atoms with Gasteiger partial charge in [0.1, 0.15) is 18.1 Å². The number of piperazine rings is 1. The van der Waals surface area contributed by atoms with Crippen molar-refractivity contribution in [2.45, 2.75) is 43.8 Å². The van der Waals surface area contributed by atoms with Gasteiger partial charge in [0.25, 0.3) is 0 Å². The van der Waals surface area contributed by atoms with Crippen LogP contribution in [0.25, 0.3) is 0 Å². The van der Waals surface area contributed by atoms with Crippen LogP contribution in [0.2, 0.25) is 0 Å². The summed E-state index contributed by atoms with van der Waals surface area (Å²) in [5, 5.41) is 16.5. The van der Waals surface area contributed by atoms with Crippen molar-refractivity contribution < 1.29 is 33.8 Å². The van der Waals surface area contributed by atoms with Crippen LogP contribution in [-0.4, -0.2) is 60.0 Å². The molecule has 3 amide bonds. The quantitative estimate of drug-likeness (QED) is 0.390. The van der Waals surface area contributed by atoms with Crippen LogP contribution in [-0.2, 0) is 35.1 Å². The first-order chi connectivity index (χ1) is 13.8. The van der Waals surface area contributed by atoms with Crippen LogP contribution in [0.15, 0.2) is 30.3 Å². The van der Waals surface area contributed by atoms with Gasteiger partial charge in [0.15, 0.2) is 0 Å². The van der Waals surface area contributed by atoms with E-state index in [9.17, 15) is 24.0 Å². The number of carboxylic acids is 1. The molecule has 1 heterocycles. The first-order valence-corrected chi connectivity index (χ1v) is 9.03. The fourth-order valence-corrected chi connectivity index (χ4v) is 2.87. The fraction of sp³-hybridized carbons (Fsp3) is 0.421. The maximum Gasteiger partial charge on any atom is 0.326 e. The van der Waals surface area contributed by atoms with E-state index >= 15 is 0 Å². The van der Waals surface area contributed by atoms with Crippen molar-refractivity contribution in [1.29, 1.82) is 0 Å². The number of amides is 3. The standard InChI is InChI=1S/C19H23N3O7/c1-29-16(24)8-7-12(19(27)28)20-15(23)10-14-18(26)21-13(17(25)22-14)9-11-5-3-2-4-6-11/h2-6,12-14H,7-10H2,1H3,(H,20,23)(H,21,26)(H,22,25)(H,27,28)/t12-,13+,14+/m1/s1. The predicted molar refractivity (Wildman–Crippen MR) is 99.4 cm³/mol. The Bertz CT molecular complexity index is 781. The van der Waals surface area contributed by atoms with Gasteiger partial charge in [-0.25, -0.2) is 4.79 Å². The number of benzene rings is 1. The molecular formula is C19H23N3O7. The van der Waals surface area contributed by atoms with E-state index in [-0.39, 0.29) is 12.8 Å². The van der Waals surface area contributed by atoms with Crippen LogP contribution in [0, 0.1) is 0 Å². The van der Waals surface area contributed by atoms with Gasteiger partial charge in [0, 0.05) is 12.8 Å². The highest BCUT2D eigenvalue weighted by atomic mass is 16.5. The number of ether oxygens (including phenoxy) is 1. The minimum Gasteiger partial charge on any atom is -0.480 e. The number of carbonyl (C=O) groups excluding carboxylic acids is 4. The summed E-state index contributed by atoms with van der Waals surface area (Å²) in [7, 11) is 1.17. The molecular weight excluding hydrogens is 382 g/mol. The summed E-state index contributed by atoms with van der Waals surface area (Å²) in [6, 6.07) is 5.98.